The third-order valence-electron chi connectivity index (χ3n) is 3.22. The zero-order valence-corrected chi connectivity index (χ0v) is 15.2. The van der Waals surface area contributed by atoms with Crippen LogP contribution in [0.3, 0.4) is 0 Å². The van der Waals surface area contributed by atoms with Gasteiger partial charge in [0.25, 0.3) is 5.91 Å². The molecule has 0 aliphatic heterocycles. The van der Waals surface area contributed by atoms with Crippen LogP contribution in [0.2, 0.25) is 4.34 Å². The van der Waals surface area contributed by atoms with Crippen LogP contribution in [-0.2, 0) is 6.42 Å². The molecule has 8 heteroatoms. The Balaban J connectivity index is 2.00. The number of hydrogen-bond acceptors (Lipinski definition) is 6. The molecule has 0 unspecified atom stereocenters. The van der Waals surface area contributed by atoms with Crippen LogP contribution in [0.5, 0.6) is 11.5 Å². The highest BCUT2D eigenvalue weighted by atomic mass is 35.5. The minimum absolute atomic E-state index is 0.218. The molecule has 1 amide bonds. The number of halogens is 1. The summed E-state index contributed by atoms with van der Waals surface area (Å²) < 4.78 is 11.4. The van der Waals surface area contributed by atoms with Crippen LogP contribution < -0.4 is 20.5 Å². The first-order valence-corrected chi connectivity index (χ1v) is 8.65. The molecular weight excluding hydrogens is 350 g/mol. The van der Waals surface area contributed by atoms with E-state index in [2.05, 4.69) is 10.3 Å². The molecule has 0 atom stereocenters. The third kappa shape index (κ3) is 4.83. The molecule has 0 saturated heterocycles. The summed E-state index contributed by atoms with van der Waals surface area (Å²) in [6.45, 7) is 3.01. The predicted octanol–water partition coefficient (Wildman–Crippen LogP) is 2.42. The van der Waals surface area contributed by atoms with Crippen molar-refractivity contribution in [2.45, 2.75) is 13.3 Å². The Morgan fingerprint density at radius 3 is 2.88 bits per heavy atom. The van der Waals surface area contributed by atoms with E-state index in [9.17, 15) is 4.79 Å². The first-order chi connectivity index (χ1) is 11.5. The number of nitrogens with zero attached hydrogens (tertiary/aromatic N) is 1. The first kappa shape index (κ1) is 18.5. The Labute approximate surface area is 149 Å². The summed E-state index contributed by atoms with van der Waals surface area (Å²) in [5.74, 6) is 0.848. The van der Waals surface area contributed by atoms with Gasteiger partial charge in [-0.05, 0) is 19.1 Å². The van der Waals surface area contributed by atoms with E-state index in [1.165, 1.54) is 11.3 Å². The smallest absolute Gasteiger partial charge is 0.255 e. The largest absolute Gasteiger partial charge is 0.497 e. The lowest BCUT2D eigenvalue weighted by Gasteiger charge is -2.12. The van der Waals surface area contributed by atoms with E-state index in [0.717, 1.165) is 10.7 Å². The van der Waals surface area contributed by atoms with Crippen molar-refractivity contribution in [2.24, 2.45) is 5.73 Å². The number of carbonyl (C=O) groups excluding carboxylic acids is 1. The quantitative estimate of drug-likeness (QED) is 0.746. The number of methoxy groups -OCH3 is 1. The van der Waals surface area contributed by atoms with Crippen molar-refractivity contribution in [1.82, 2.24) is 10.3 Å². The summed E-state index contributed by atoms with van der Waals surface area (Å²) in [5, 5.41) is 3.76. The monoisotopic (exact) mass is 369 g/mol. The number of ether oxygens (including phenoxy) is 2. The number of nitrogens with one attached hydrogen (secondary N) is 1. The van der Waals surface area contributed by atoms with Crippen molar-refractivity contribution in [3.05, 3.63) is 38.8 Å². The van der Waals surface area contributed by atoms with Crippen LogP contribution in [0.15, 0.2) is 18.2 Å². The zero-order chi connectivity index (χ0) is 17.5. The molecule has 130 valence electrons. The average molecular weight is 370 g/mol. The number of thiazole rings is 1. The summed E-state index contributed by atoms with van der Waals surface area (Å²) in [5.41, 5.74) is 6.72. The second kappa shape index (κ2) is 8.86. The Kier molecular flexibility index (Phi) is 6.84. The Hall–Kier alpha value is -1.83. The molecule has 3 N–H and O–H groups in total. The van der Waals surface area contributed by atoms with Gasteiger partial charge in [0.1, 0.15) is 22.4 Å². The lowest BCUT2D eigenvalue weighted by molar-refractivity contribution is 0.0950. The summed E-state index contributed by atoms with van der Waals surface area (Å²) in [6, 6.07) is 5.06. The van der Waals surface area contributed by atoms with Crippen LogP contribution in [0, 0.1) is 6.92 Å². The van der Waals surface area contributed by atoms with E-state index < -0.39 is 0 Å². The molecule has 0 spiro atoms. The number of benzene rings is 1. The summed E-state index contributed by atoms with van der Waals surface area (Å²) in [7, 11) is 1.56. The van der Waals surface area contributed by atoms with E-state index >= 15 is 0 Å². The van der Waals surface area contributed by atoms with Crippen LogP contribution in [0.1, 0.15) is 21.1 Å². The van der Waals surface area contributed by atoms with E-state index in [0.29, 0.717) is 47.5 Å². The fourth-order valence-corrected chi connectivity index (χ4v) is 3.12. The molecule has 1 heterocycles. The molecule has 0 aliphatic carbocycles. The SMILES string of the molecule is COc1ccc(C(=O)NCCc2nc(C)c(Cl)s2)c(OCCN)c1. The van der Waals surface area contributed by atoms with Gasteiger partial charge in [0.05, 0.1) is 23.4 Å². The van der Waals surface area contributed by atoms with E-state index in [4.69, 9.17) is 26.8 Å². The molecule has 6 nitrogen and oxygen atoms in total. The molecule has 2 aromatic rings. The van der Waals surface area contributed by atoms with Gasteiger partial charge >= 0.3 is 0 Å². The van der Waals surface area contributed by atoms with Crippen molar-refractivity contribution >= 4 is 28.8 Å². The lowest BCUT2D eigenvalue weighted by atomic mass is 10.1. The van der Waals surface area contributed by atoms with Crippen molar-refractivity contribution in [2.75, 3.05) is 26.8 Å². The van der Waals surface area contributed by atoms with Crippen LogP contribution in [-0.4, -0.2) is 37.7 Å². The Morgan fingerprint density at radius 2 is 2.25 bits per heavy atom. The van der Waals surface area contributed by atoms with E-state index in [-0.39, 0.29) is 5.91 Å². The molecule has 0 bridgehead atoms. The second-order valence-corrected chi connectivity index (χ2v) is 6.66. The van der Waals surface area contributed by atoms with Gasteiger partial charge in [0.15, 0.2) is 0 Å². The van der Waals surface area contributed by atoms with Gasteiger partial charge in [0.2, 0.25) is 0 Å². The minimum atomic E-state index is -0.218. The summed E-state index contributed by atoms with van der Waals surface area (Å²) in [6.07, 6.45) is 0.624. The molecule has 0 fully saturated rings. The maximum absolute atomic E-state index is 12.4. The van der Waals surface area contributed by atoms with Crippen molar-refractivity contribution in [3.8, 4) is 11.5 Å². The molecular formula is C16H20ClN3O3S. The molecule has 1 aromatic carbocycles. The fourth-order valence-electron chi connectivity index (χ4n) is 2.02. The number of nitrogens with two attached hydrogens (primary N) is 1. The highest BCUT2D eigenvalue weighted by molar-refractivity contribution is 7.16. The maximum Gasteiger partial charge on any atom is 0.255 e. The topological polar surface area (TPSA) is 86.5 Å². The number of aromatic nitrogens is 1. The second-order valence-electron chi connectivity index (χ2n) is 4.97. The molecule has 0 radical (unpaired) electrons. The Morgan fingerprint density at radius 1 is 1.46 bits per heavy atom. The zero-order valence-electron chi connectivity index (χ0n) is 13.6. The van der Waals surface area contributed by atoms with Gasteiger partial charge in [-0.25, -0.2) is 4.98 Å². The van der Waals surface area contributed by atoms with Crippen LogP contribution in [0.4, 0.5) is 0 Å². The number of aryl methyl sites for hydroxylation is 1. The van der Waals surface area contributed by atoms with Crippen LogP contribution in [0.25, 0.3) is 0 Å². The average Bonchev–Trinajstić information content (AvgIpc) is 2.90. The van der Waals surface area contributed by atoms with Crippen molar-refractivity contribution in [1.29, 1.82) is 0 Å². The van der Waals surface area contributed by atoms with Gasteiger partial charge < -0.3 is 20.5 Å². The summed E-state index contributed by atoms with van der Waals surface area (Å²) in [4.78, 5) is 16.7. The fraction of sp³-hybridized carbons (Fsp3) is 0.375. The van der Waals surface area contributed by atoms with Crippen molar-refractivity contribution in [3.63, 3.8) is 0 Å². The molecule has 0 aliphatic rings. The third-order valence-corrected chi connectivity index (χ3v) is 4.73. The maximum atomic E-state index is 12.4. The molecule has 24 heavy (non-hydrogen) atoms. The molecule has 0 saturated carbocycles. The number of amides is 1. The lowest BCUT2D eigenvalue weighted by Crippen LogP contribution is -2.26. The highest BCUT2D eigenvalue weighted by Gasteiger charge is 2.14. The van der Waals surface area contributed by atoms with Gasteiger partial charge in [-0.1, -0.05) is 11.6 Å². The van der Waals surface area contributed by atoms with Crippen LogP contribution >= 0.6 is 22.9 Å². The Bertz CT molecular complexity index is 686. The predicted molar refractivity (Wildman–Crippen MR) is 95.4 cm³/mol. The number of hydrogen-bond donors (Lipinski definition) is 2. The van der Waals surface area contributed by atoms with Gasteiger partial charge in [-0.2, -0.15) is 0 Å². The van der Waals surface area contributed by atoms with Gasteiger partial charge in [0, 0.05) is 25.6 Å². The summed E-state index contributed by atoms with van der Waals surface area (Å²) >= 11 is 7.42. The number of carbonyl (C=O) groups is 1. The standard InChI is InChI=1S/C16H20ClN3O3S/c1-10-15(17)24-14(20-10)5-7-19-16(21)12-4-3-11(22-2)9-13(12)23-8-6-18/h3-4,9H,5-8,18H2,1-2H3,(H,19,21). The van der Waals surface area contributed by atoms with Gasteiger partial charge in [-0.3, -0.25) is 4.79 Å². The molecule has 2 rings (SSSR count). The van der Waals surface area contributed by atoms with Gasteiger partial charge in [-0.15, -0.1) is 11.3 Å². The van der Waals surface area contributed by atoms with E-state index in [1.807, 2.05) is 6.92 Å². The normalized spacial score (nSPS) is 10.5. The minimum Gasteiger partial charge on any atom is -0.497 e. The van der Waals surface area contributed by atoms with Crippen molar-refractivity contribution < 1.29 is 14.3 Å². The first-order valence-electron chi connectivity index (χ1n) is 7.46. The molecule has 1 aromatic heterocycles. The highest BCUT2D eigenvalue weighted by Crippen LogP contribution is 2.25. The number of rotatable bonds is 8. The van der Waals surface area contributed by atoms with E-state index in [1.54, 1.807) is 25.3 Å².